The van der Waals surface area contributed by atoms with Gasteiger partial charge in [-0.15, -0.1) is 11.3 Å². The number of hydrogen-bond acceptors (Lipinski definition) is 5. The zero-order valence-corrected chi connectivity index (χ0v) is 15.0. The topological polar surface area (TPSA) is 24.9 Å². The molecule has 0 atom stereocenters. The SMILES string of the molecule is COc1cc(CN2CCN(Cc3cccs3)CC2)ccc1OC(F)F. The molecule has 0 N–H and O–H groups in total. The Bertz CT molecular complexity index is 659. The van der Waals surface area contributed by atoms with E-state index in [1.807, 2.05) is 6.07 Å². The molecule has 7 heteroatoms. The van der Waals surface area contributed by atoms with Gasteiger partial charge in [0.1, 0.15) is 0 Å². The summed E-state index contributed by atoms with van der Waals surface area (Å²) in [5.74, 6) is 0.413. The van der Waals surface area contributed by atoms with Gasteiger partial charge >= 0.3 is 6.61 Å². The fourth-order valence-electron chi connectivity index (χ4n) is 2.99. The summed E-state index contributed by atoms with van der Waals surface area (Å²) in [6.45, 7) is 2.97. The molecule has 3 rings (SSSR count). The van der Waals surface area contributed by atoms with Crippen molar-refractivity contribution in [3.63, 3.8) is 0 Å². The number of piperazine rings is 1. The van der Waals surface area contributed by atoms with E-state index in [1.165, 1.54) is 12.0 Å². The highest BCUT2D eigenvalue weighted by Gasteiger charge is 2.18. The van der Waals surface area contributed by atoms with Gasteiger partial charge in [-0.05, 0) is 29.1 Å². The number of halogens is 2. The first kappa shape index (κ1) is 18.1. The standard InChI is InChI=1S/C18H22F2N2O2S/c1-23-17-11-14(4-5-16(17)24-18(19)20)12-21-6-8-22(9-7-21)13-15-3-2-10-25-15/h2-5,10-11,18H,6-9,12-13H2,1H3. The van der Waals surface area contributed by atoms with Gasteiger partial charge < -0.3 is 9.47 Å². The molecule has 2 aromatic rings. The molecule has 1 saturated heterocycles. The van der Waals surface area contributed by atoms with Gasteiger partial charge in [0.15, 0.2) is 11.5 Å². The fourth-order valence-corrected chi connectivity index (χ4v) is 3.74. The van der Waals surface area contributed by atoms with Gasteiger partial charge in [-0.25, -0.2) is 0 Å². The van der Waals surface area contributed by atoms with Crippen LogP contribution in [0.1, 0.15) is 10.4 Å². The van der Waals surface area contributed by atoms with Crippen molar-refractivity contribution in [3.8, 4) is 11.5 Å². The first-order valence-electron chi connectivity index (χ1n) is 8.23. The maximum absolute atomic E-state index is 12.4. The average Bonchev–Trinajstić information content (AvgIpc) is 3.10. The van der Waals surface area contributed by atoms with E-state index in [2.05, 4.69) is 32.0 Å². The lowest BCUT2D eigenvalue weighted by atomic mass is 10.1. The van der Waals surface area contributed by atoms with Crippen LogP contribution in [0, 0.1) is 0 Å². The molecule has 1 aromatic heterocycles. The number of nitrogens with zero attached hydrogens (tertiary/aromatic N) is 2. The van der Waals surface area contributed by atoms with Crippen molar-refractivity contribution < 1.29 is 18.3 Å². The van der Waals surface area contributed by atoms with Crippen molar-refractivity contribution in [2.75, 3.05) is 33.3 Å². The molecule has 0 saturated carbocycles. The Morgan fingerprint density at radius 1 is 1.04 bits per heavy atom. The van der Waals surface area contributed by atoms with Crippen molar-refractivity contribution in [2.45, 2.75) is 19.7 Å². The third kappa shape index (κ3) is 5.14. The average molecular weight is 368 g/mol. The van der Waals surface area contributed by atoms with Crippen molar-refractivity contribution in [1.82, 2.24) is 9.80 Å². The van der Waals surface area contributed by atoms with Gasteiger partial charge in [0, 0.05) is 44.1 Å². The molecule has 136 valence electrons. The summed E-state index contributed by atoms with van der Waals surface area (Å²) in [5.41, 5.74) is 1.03. The van der Waals surface area contributed by atoms with E-state index in [0.717, 1.165) is 44.8 Å². The normalized spacial score (nSPS) is 16.3. The molecule has 2 heterocycles. The molecule has 1 fully saturated rings. The quantitative estimate of drug-likeness (QED) is 0.744. The molecule has 0 unspecified atom stereocenters. The molecule has 1 aliphatic heterocycles. The van der Waals surface area contributed by atoms with E-state index < -0.39 is 6.61 Å². The predicted octanol–water partition coefficient (Wildman–Crippen LogP) is 3.68. The number of ether oxygens (including phenoxy) is 2. The van der Waals surface area contributed by atoms with Crippen LogP contribution in [0.15, 0.2) is 35.7 Å². The monoisotopic (exact) mass is 368 g/mol. The number of alkyl halides is 2. The van der Waals surface area contributed by atoms with E-state index in [1.54, 1.807) is 23.5 Å². The van der Waals surface area contributed by atoms with Crippen LogP contribution in [0.2, 0.25) is 0 Å². The molecule has 0 aliphatic carbocycles. The van der Waals surface area contributed by atoms with Crippen molar-refractivity contribution in [1.29, 1.82) is 0 Å². The molecule has 0 radical (unpaired) electrons. The Kier molecular flexibility index (Phi) is 6.23. The maximum atomic E-state index is 12.4. The van der Waals surface area contributed by atoms with Crippen molar-refractivity contribution >= 4 is 11.3 Å². The number of rotatable bonds is 7. The van der Waals surface area contributed by atoms with Crippen LogP contribution in [0.25, 0.3) is 0 Å². The fraction of sp³-hybridized carbons (Fsp3) is 0.444. The van der Waals surface area contributed by atoms with E-state index >= 15 is 0 Å². The Labute approximate surface area is 150 Å². The minimum absolute atomic E-state index is 0.0713. The maximum Gasteiger partial charge on any atom is 0.387 e. The Hall–Kier alpha value is -1.70. The Balaban J connectivity index is 1.53. The van der Waals surface area contributed by atoms with E-state index in [0.29, 0.717) is 5.75 Å². The summed E-state index contributed by atoms with van der Waals surface area (Å²) >= 11 is 1.80. The molecule has 0 spiro atoms. The van der Waals surface area contributed by atoms with Crippen LogP contribution in [0.5, 0.6) is 11.5 Å². The molecule has 1 aromatic carbocycles. The number of benzene rings is 1. The number of methoxy groups -OCH3 is 1. The minimum atomic E-state index is -2.85. The summed E-state index contributed by atoms with van der Waals surface area (Å²) in [6, 6.07) is 9.40. The third-order valence-electron chi connectivity index (χ3n) is 4.27. The van der Waals surface area contributed by atoms with E-state index in [9.17, 15) is 8.78 Å². The molecule has 4 nitrogen and oxygen atoms in total. The van der Waals surface area contributed by atoms with Gasteiger partial charge in [-0.3, -0.25) is 9.80 Å². The van der Waals surface area contributed by atoms with Gasteiger partial charge in [0.25, 0.3) is 0 Å². The lowest BCUT2D eigenvalue weighted by molar-refractivity contribution is -0.0512. The first-order chi connectivity index (χ1) is 12.1. The van der Waals surface area contributed by atoms with Crippen molar-refractivity contribution in [2.24, 2.45) is 0 Å². The minimum Gasteiger partial charge on any atom is -0.493 e. The molecule has 25 heavy (non-hydrogen) atoms. The van der Waals surface area contributed by atoms with E-state index in [4.69, 9.17) is 4.74 Å². The Morgan fingerprint density at radius 2 is 1.76 bits per heavy atom. The summed E-state index contributed by atoms with van der Waals surface area (Å²) in [4.78, 5) is 6.23. The summed E-state index contributed by atoms with van der Waals surface area (Å²) in [7, 11) is 1.46. The van der Waals surface area contributed by atoms with Gasteiger partial charge in [-0.2, -0.15) is 8.78 Å². The summed E-state index contributed by atoms with van der Waals surface area (Å²) in [5, 5.41) is 2.11. The van der Waals surface area contributed by atoms with Gasteiger partial charge in [0.05, 0.1) is 7.11 Å². The highest BCUT2D eigenvalue weighted by molar-refractivity contribution is 7.09. The van der Waals surface area contributed by atoms with Crippen LogP contribution in [0.4, 0.5) is 8.78 Å². The van der Waals surface area contributed by atoms with Crippen LogP contribution >= 0.6 is 11.3 Å². The number of hydrogen-bond donors (Lipinski definition) is 0. The van der Waals surface area contributed by atoms with Crippen LogP contribution in [-0.4, -0.2) is 49.7 Å². The zero-order valence-electron chi connectivity index (χ0n) is 14.2. The highest BCUT2D eigenvalue weighted by atomic mass is 32.1. The van der Waals surface area contributed by atoms with Gasteiger partial charge in [-0.1, -0.05) is 12.1 Å². The molecular weight excluding hydrogens is 346 g/mol. The second kappa shape index (κ2) is 8.60. The number of thiophene rings is 1. The molecular formula is C18H22F2N2O2S. The lowest BCUT2D eigenvalue weighted by Gasteiger charge is -2.34. The summed E-state index contributed by atoms with van der Waals surface area (Å²) in [6.07, 6.45) is 0. The molecule has 0 bridgehead atoms. The van der Waals surface area contributed by atoms with Crippen LogP contribution < -0.4 is 9.47 Å². The van der Waals surface area contributed by atoms with Crippen molar-refractivity contribution in [3.05, 3.63) is 46.2 Å². The van der Waals surface area contributed by atoms with Crippen LogP contribution in [-0.2, 0) is 13.1 Å². The summed E-state index contributed by atoms with van der Waals surface area (Å²) < 4.78 is 34.4. The second-order valence-electron chi connectivity index (χ2n) is 6.00. The largest absolute Gasteiger partial charge is 0.493 e. The predicted molar refractivity (Wildman–Crippen MR) is 94.5 cm³/mol. The van der Waals surface area contributed by atoms with Gasteiger partial charge in [0.2, 0.25) is 0 Å². The third-order valence-corrected chi connectivity index (χ3v) is 5.14. The van der Waals surface area contributed by atoms with E-state index in [-0.39, 0.29) is 5.75 Å². The molecule has 0 amide bonds. The Morgan fingerprint density at radius 3 is 2.36 bits per heavy atom. The second-order valence-corrected chi connectivity index (χ2v) is 7.03. The lowest BCUT2D eigenvalue weighted by Crippen LogP contribution is -2.45. The molecule has 1 aliphatic rings. The first-order valence-corrected chi connectivity index (χ1v) is 9.11. The smallest absolute Gasteiger partial charge is 0.387 e. The van der Waals surface area contributed by atoms with Crippen LogP contribution in [0.3, 0.4) is 0 Å². The zero-order chi connectivity index (χ0) is 17.6. The highest BCUT2D eigenvalue weighted by Crippen LogP contribution is 2.30.